The van der Waals surface area contributed by atoms with Gasteiger partial charge in [-0.15, -0.1) is 11.3 Å². The summed E-state index contributed by atoms with van der Waals surface area (Å²) in [4.78, 5) is 4.68. The van der Waals surface area contributed by atoms with Crippen molar-refractivity contribution in [2.24, 2.45) is 0 Å². The van der Waals surface area contributed by atoms with Gasteiger partial charge in [0.2, 0.25) is 0 Å². The number of anilines is 6. The van der Waals surface area contributed by atoms with Gasteiger partial charge < -0.3 is 14.2 Å². The molecule has 0 saturated heterocycles. The Balaban J connectivity index is 1.06. The van der Waals surface area contributed by atoms with Crippen molar-refractivity contribution in [3.8, 4) is 0 Å². The zero-order valence-corrected chi connectivity index (χ0v) is 30.0. The zero-order chi connectivity index (χ0) is 35.6. The molecule has 2 heterocycles. The van der Waals surface area contributed by atoms with Crippen LogP contribution in [0.5, 0.6) is 0 Å². The molecule has 0 bridgehead atoms. The second kappa shape index (κ2) is 12.4. The summed E-state index contributed by atoms with van der Waals surface area (Å²) in [5.41, 5.74) is 8.32. The van der Waals surface area contributed by atoms with Crippen molar-refractivity contribution >= 4 is 109 Å². The maximum atomic E-state index is 6.19. The first-order valence-electron chi connectivity index (χ1n) is 18.3. The highest BCUT2D eigenvalue weighted by Gasteiger charge is 2.20. The lowest BCUT2D eigenvalue weighted by atomic mass is 9.96. The Labute approximate surface area is 316 Å². The van der Waals surface area contributed by atoms with Crippen LogP contribution in [0.4, 0.5) is 34.1 Å². The molecule has 9 aromatic carbocycles. The van der Waals surface area contributed by atoms with Crippen LogP contribution in [0.2, 0.25) is 0 Å². The summed E-state index contributed by atoms with van der Waals surface area (Å²) >= 11 is 1.89. The van der Waals surface area contributed by atoms with E-state index in [0.29, 0.717) is 0 Å². The molecule has 0 saturated carbocycles. The van der Waals surface area contributed by atoms with Crippen molar-refractivity contribution in [1.82, 2.24) is 0 Å². The van der Waals surface area contributed by atoms with E-state index in [4.69, 9.17) is 4.42 Å². The Morgan fingerprint density at radius 3 is 1.48 bits per heavy atom. The number of nitrogens with zero attached hydrogens (tertiary/aromatic N) is 2. The van der Waals surface area contributed by atoms with Crippen LogP contribution in [0.25, 0.3) is 63.7 Å². The van der Waals surface area contributed by atoms with Gasteiger partial charge >= 0.3 is 0 Å². The molecule has 0 atom stereocenters. The van der Waals surface area contributed by atoms with Gasteiger partial charge in [-0.05, 0) is 107 Å². The molecule has 0 N–H and O–H groups in total. The van der Waals surface area contributed by atoms with E-state index in [9.17, 15) is 0 Å². The third-order valence-corrected chi connectivity index (χ3v) is 11.8. The largest absolute Gasteiger partial charge is 0.456 e. The van der Waals surface area contributed by atoms with E-state index >= 15 is 0 Å². The third-order valence-electron chi connectivity index (χ3n) is 10.6. The highest BCUT2D eigenvalue weighted by atomic mass is 32.1. The van der Waals surface area contributed by atoms with Crippen molar-refractivity contribution in [2.75, 3.05) is 9.80 Å². The van der Waals surface area contributed by atoms with Gasteiger partial charge in [0.15, 0.2) is 0 Å². The molecule has 0 aliphatic carbocycles. The normalized spacial score (nSPS) is 11.7. The minimum Gasteiger partial charge on any atom is -0.456 e. The zero-order valence-electron chi connectivity index (χ0n) is 29.2. The van der Waals surface area contributed by atoms with Crippen LogP contribution in [-0.2, 0) is 0 Å². The highest BCUT2D eigenvalue weighted by molar-refractivity contribution is 7.27. The predicted molar refractivity (Wildman–Crippen MR) is 231 cm³/mol. The molecule has 11 rings (SSSR count). The molecule has 0 aliphatic rings. The summed E-state index contributed by atoms with van der Waals surface area (Å²) in [6.07, 6.45) is 0. The third kappa shape index (κ3) is 4.88. The molecule has 0 spiro atoms. The molecule has 0 radical (unpaired) electrons. The molecule has 0 aliphatic heterocycles. The van der Waals surface area contributed by atoms with Gasteiger partial charge in [0, 0.05) is 70.5 Å². The number of hydrogen-bond donors (Lipinski definition) is 0. The Bertz CT molecular complexity index is 3160. The van der Waals surface area contributed by atoms with E-state index < -0.39 is 0 Å². The first kappa shape index (κ1) is 30.7. The number of fused-ring (bicyclic) bond motifs is 11. The van der Waals surface area contributed by atoms with Crippen molar-refractivity contribution < 1.29 is 4.42 Å². The molecular weight excluding hydrogens is 677 g/mol. The Morgan fingerprint density at radius 2 is 0.796 bits per heavy atom. The quantitative estimate of drug-likeness (QED) is 0.160. The van der Waals surface area contributed by atoms with Gasteiger partial charge in [-0.1, -0.05) is 103 Å². The van der Waals surface area contributed by atoms with Gasteiger partial charge in [0.05, 0.1) is 0 Å². The van der Waals surface area contributed by atoms with Crippen molar-refractivity contribution in [2.45, 2.75) is 0 Å². The molecule has 254 valence electrons. The van der Waals surface area contributed by atoms with Crippen LogP contribution >= 0.6 is 11.3 Å². The van der Waals surface area contributed by atoms with Crippen LogP contribution in [0, 0.1) is 0 Å². The summed E-state index contributed by atoms with van der Waals surface area (Å²) in [6, 6.07) is 69.6. The minimum absolute atomic E-state index is 0.887. The SMILES string of the molecule is c1ccc(N(c2ccc(N(c3ccccc3)c3ccc4c(c3)c3ccccc3c3c5ccccc5sc43)cc2)c2ccc3oc4ccccc4c3c2)cc1. The summed E-state index contributed by atoms with van der Waals surface area (Å²) in [5, 5.41) is 10.0. The molecule has 0 fully saturated rings. The number of rotatable bonds is 6. The summed E-state index contributed by atoms with van der Waals surface area (Å²) in [5.74, 6) is 0. The topological polar surface area (TPSA) is 19.6 Å². The summed E-state index contributed by atoms with van der Waals surface area (Å²) in [6.45, 7) is 0. The average Bonchev–Trinajstić information content (AvgIpc) is 3.82. The molecular formula is C50H32N2OS. The maximum Gasteiger partial charge on any atom is 0.135 e. The summed E-state index contributed by atoms with van der Waals surface area (Å²) < 4.78 is 8.85. The second-order valence-electron chi connectivity index (χ2n) is 13.7. The fourth-order valence-corrected chi connectivity index (χ4v) is 9.44. The van der Waals surface area contributed by atoms with E-state index in [2.05, 4.69) is 192 Å². The predicted octanol–water partition coefficient (Wildman–Crippen LogP) is 15.2. The van der Waals surface area contributed by atoms with E-state index in [-0.39, 0.29) is 0 Å². The van der Waals surface area contributed by atoms with Gasteiger partial charge in [0.1, 0.15) is 11.2 Å². The number of furan rings is 1. The Hall–Kier alpha value is -6.88. The smallest absolute Gasteiger partial charge is 0.135 e. The monoisotopic (exact) mass is 708 g/mol. The van der Waals surface area contributed by atoms with Crippen molar-refractivity contribution in [3.63, 3.8) is 0 Å². The van der Waals surface area contributed by atoms with Gasteiger partial charge in [-0.25, -0.2) is 0 Å². The lowest BCUT2D eigenvalue weighted by Crippen LogP contribution is -2.12. The Morgan fingerprint density at radius 1 is 0.315 bits per heavy atom. The van der Waals surface area contributed by atoms with E-state index in [1.165, 1.54) is 41.7 Å². The Kier molecular flexibility index (Phi) is 7.04. The first-order valence-corrected chi connectivity index (χ1v) is 19.1. The standard InChI is InChI=1S/C50H32N2OS/c1-3-13-33(14-4-1)51(37-27-29-42-44(31-37)39-17-7-8-19-41(39)49-43-20-10-12-22-48(43)54-50(42)49)35-23-25-36(26-24-35)52(34-15-5-2-6-16-34)38-28-30-47-45(32-38)40-18-9-11-21-46(40)53-47/h1-32H. The van der Waals surface area contributed by atoms with Crippen LogP contribution < -0.4 is 9.80 Å². The van der Waals surface area contributed by atoms with E-state index in [1.807, 2.05) is 23.5 Å². The average molecular weight is 709 g/mol. The molecule has 0 amide bonds. The molecule has 4 heteroatoms. The molecule has 3 nitrogen and oxygen atoms in total. The second-order valence-corrected chi connectivity index (χ2v) is 14.8. The van der Waals surface area contributed by atoms with Crippen LogP contribution in [0.1, 0.15) is 0 Å². The van der Waals surface area contributed by atoms with Crippen LogP contribution in [0.3, 0.4) is 0 Å². The number of benzene rings is 9. The first-order chi connectivity index (χ1) is 26.8. The fraction of sp³-hybridized carbons (Fsp3) is 0. The fourth-order valence-electron chi connectivity index (χ4n) is 8.18. The van der Waals surface area contributed by atoms with Crippen LogP contribution in [0.15, 0.2) is 199 Å². The molecule has 11 aromatic rings. The lowest BCUT2D eigenvalue weighted by molar-refractivity contribution is 0.669. The number of hydrogen-bond acceptors (Lipinski definition) is 4. The van der Waals surface area contributed by atoms with E-state index in [0.717, 1.165) is 56.1 Å². The van der Waals surface area contributed by atoms with Gasteiger partial charge in [-0.2, -0.15) is 0 Å². The minimum atomic E-state index is 0.887. The molecule has 54 heavy (non-hydrogen) atoms. The lowest BCUT2D eigenvalue weighted by Gasteiger charge is -2.28. The van der Waals surface area contributed by atoms with E-state index in [1.54, 1.807) is 0 Å². The van der Waals surface area contributed by atoms with Gasteiger partial charge in [-0.3, -0.25) is 0 Å². The summed E-state index contributed by atoms with van der Waals surface area (Å²) in [7, 11) is 0. The maximum absolute atomic E-state index is 6.19. The molecule has 2 aromatic heterocycles. The van der Waals surface area contributed by atoms with Crippen LogP contribution in [-0.4, -0.2) is 0 Å². The molecule has 0 unspecified atom stereocenters. The van der Waals surface area contributed by atoms with Crippen molar-refractivity contribution in [1.29, 1.82) is 0 Å². The van der Waals surface area contributed by atoms with Gasteiger partial charge in [0.25, 0.3) is 0 Å². The number of para-hydroxylation sites is 3. The number of thiophene rings is 1. The van der Waals surface area contributed by atoms with Crippen molar-refractivity contribution in [3.05, 3.63) is 194 Å². The highest BCUT2D eigenvalue weighted by Crippen LogP contribution is 2.46.